The Kier molecular flexibility index (Phi) is 20.9. The largest absolute Gasteiger partial charge is 0.493 e. The van der Waals surface area contributed by atoms with Crippen LogP contribution in [0.3, 0.4) is 0 Å². The highest BCUT2D eigenvalue weighted by atomic mass is 16.6. The summed E-state index contributed by atoms with van der Waals surface area (Å²) in [5, 5.41) is 22.4. The number of carbonyl (C=O) groups is 3. The molecule has 0 radical (unpaired) electrons. The molecule has 3 unspecified atom stereocenters. The van der Waals surface area contributed by atoms with E-state index in [0.29, 0.717) is 54.1 Å². The topological polar surface area (TPSA) is 161 Å². The molecular formula is C55H70N4O9. The first-order valence-electron chi connectivity index (χ1n) is 23.2. The Labute approximate surface area is 403 Å². The van der Waals surface area contributed by atoms with Gasteiger partial charge in [0.2, 0.25) is 0 Å². The summed E-state index contributed by atoms with van der Waals surface area (Å²) in [5.74, 6) is 0.0176. The molecule has 0 bridgehead atoms. The van der Waals surface area contributed by atoms with Gasteiger partial charge in [-0.2, -0.15) is 10.5 Å². The molecule has 0 aromatic heterocycles. The summed E-state index contributed by atoms with van der Waals surface area (Å²) in [6.07, 6.45) is 4.45. The van der Waals surface area contributed by atoms with Gasteiger partial charge in [-0.1, -0.05) is 57.2 Å². The smallest absolute Gasteiger partial charge is 0.343 e. The number of benzene rings is 4. The Balaban J connectivity index is 1.59. The van der Waals surface area contributed by atoms with Gasteiger partial charge in [0.25, 0.3) is 0 Å². The molecule has 364 valence electrons. The Bertz CT molecular complexity index is 2390. The molecule has 0 aliphatic heterocycles. The van der Waals surface area contributed by atoms with E-state index in [-0.39, 0.29) is 24.4 Å². The molecule has 0 aliphatic rings. The first-order chi connectivity index (χ1) is 32.6. The minimum absolute atomic E-state index is 0.0946. The van der Waals surface area contributed by atoms with Crippen molar-refractivity contribution >= 4 is 17.9 Å². The van der Waals surface area contributed by atoms with Crippen molar-refractivity contribution in [3.63, 3.8) is 0 Å². The fourth-order valence-corrected chi connectivity index (χ4v) is 8.95. The third-order valence-corrected chi connectivity index (χ3v) is 13.2. The van der Waals surface area contributed by atoms with Gasteiger partial charge in [0.15, 0.2) is 18.1 Å². The number of hydrogen-bond acceptors (Lipinski definition) is 13. The highest BCUT2D eigenvalue weighted by Gasteiger charge is 2.40. The van der Waals surface area contributed by atoms with E-state index in [2.05, 4.69) is 43.0 Å². The van der Waals surface area contributed by atoms with Crippen LogP contribution in [0.25, 0.3) is 0 Å². The Morgan fingerprint density at radius 2 is 1.18 bits per heavy atom. The van der Waals surface area contributed by atoms with E-state index in [4.69, 9.17) is 28.4 Å². The number of esters is 3. The van der Waals surface area contributed by atoms with Gasteiger partial charge in [-0.15, -0.1) is 0 Å². The third kappa shape index (κ3) is 14.3. The van der Waals surface area contributed by atoms with Crippen LogP contribution in [-0.2, 0) is 49.1 Å². The summed E-state index contributed by atoms with van der Waals surface area (Å²) in [6, 6.07) is 31.9. The predicted octanol–water partition coefficient (Wildman–Crippen LogP) is 8.80. The molecule has 0 fully saturated rings. The highest BCUT2D eigenvalue weighted by molar-refractivity contribution is 5.90. The summed E-state index contributed by atoms with van der Waals surface area (Å²) >= 11 is 0. The molecule has 68 heavy (non-hydrogen) atoms. The SMILES string of the molecule is COC(=O)COc1cccc(CCN(C)CCCC(C#N)(c2ccc(OC)c(OC)c2)C(C)Cc2cc(C(=O)OC)cc(C(C#N)(CCCN(C)CCc3cccc(C(=O)OC)c3)C(C)C)c2)c1. The van der Waals surface area contributed by atoms with Crippen LogP contribution in [0.5, 0.6) is 17.2 Å². The zero-order chi connectivity index (χ0) is 49.9. The summed E-state index contributed by atoms with van der Waals surface area (Å²) in [5.41, 5.74) is 3.46. The van der Waals surface area contributed by atoms with Gasteiger partial charge in [0.1, 0.15) is 5.75 Å². The van der Waals surface area contributed by atoms with Crippen LogP contribution in [-0.4, -0.2) is 110 Å². The minimum Gasteiger partial charge on any atom is -0.493 e. The molecule has 4 aromatic rings. The summed E-state index contributed by atoms with van der Waals surface area (Å²) in [6.45, 7) is 8.98. The lowest BCUT2D eigenvalue weighted by molar-refractivity contribution is -0.142. The maximum atomic E-state index is 13.3. The van der Waals surface area contributed by atoms with Crippen molar-refractivity contribution < 1.29 is 42.8 Å². The molecule has 13 nitrogen and oxygen atoms in total. The van der Waals surface area contributed by atoms with Gasteiger partial charge in [-0.25, -0.2) is 14.4 Å². The van der Waals surface area contributed by atoms with Gasteiger partial charge in [-0.3, -0.25) is 0 Å². The number of hydrogen-bond donors (Lipinski definition) is 0. The van der Waals surface area contributed by atoms with E-state index in [1.54, 1.807) is 26.4 Å². The summed E-state index contributed by atoms with van der Waals surface area (Å²) in [7, 11) is 11.3. The summed E-state index contributed by atoms with van der Waals surface area (Å²) in [4.78, 5) is 41.5. The molecule has 0 heterocycles. The van der Waals surface area contributed by atoms with E-state index < -0.39 is 22.8 Å². The van der Waals surface area contributed by atoms with Crippen molar-refractivity contribution in [3.8, 4) is 29.4 Å². The first kappa shape index (κ1) is 54.2. The number of methoxy groups -OCH3 is 5. The molecule has 0 aliphatic carbocycles. The Morgan fingerprint density at radius 1 is 0.603 bits per heavy atom. The molecule has 3 atom stereocenters. The molecule has 0 saturated carbocycles. The van der Waals surface area contributed by atoms with Crippen LogP contribution >= 0.6 is 0 Å². The second-order valence-electron chi connectivity index (χ2n) is 17.9. The average molecular weight is 931 g/mol. The van der Waals surface area contributed by atoms with Gasteiger partial charge in [0, 0.05) is 13.1 Å². The fraction of sp³-hybridized carbons (Fsp3) is 0.473. The molecule has 4 rings (SSSR count). The Morgan fingerprint density at radius 3 is 1.75 bits per heavy atom. The minimum atomic E-state index is -0.983. The van der Waals surface area contributed by atoms with Crippen molar-refractivity contribution in [1.82, 2.24) is 9.80 Å². The molecule has 0 saturated heterocycles. The number of rotatable bonds is 27. The van der Waals surface area contributed by atoms with Gasteiger partial charge < -0.3 is 38.2 Å². The van der Waals surface area contributed by atoms with Gasteiger partial charge in [0.05, 0.1) is 69.6 Å². The van der Waals surface area contributed by atoms with Gasteiger partial charge >= 0.3 is 17.9 Å². The van der Waals surface area contributed by atoms with Gasteiger partial charge in [-0.05, 0) is 160 Å². The maximum absolute atomic E-state index is 13.3. The van der Waals surface area contributed by atoms with E-state index in [9.17, 15) is 24.9 Å². The first-order valence-corrected chi connectivity index (χ1v) is 23.2. The lowest BCUT2D eigenvalue weighted by atomic mass is 9.66. The second-order valence-corrected chi connectivity index (χ2v) is 17.9. The second kappa shape index (κ2) is 26.2. The monoisotopic (exact) mass is 931 g/mol. The number of ether oxygens (including phenoxy) is 6. The summed E-state index contributed by atoms with van der Waals surface area (Å²) < 4.78 is 31.8. The van der Waals surface area contributed by atoms with Crippen LogP contribution in [0.1, 0.15) is 95.0 Å². The molecule has 0 amide bonds. The molecular weight excluding hydrogens is 861 g/mol. The van der Waals surface area contributed by atoms with E-state index >= 15 is 0 Å². The standard InChI is InChI=1S/C55H70N4O9/c1-39(2)54(37-56,23-13-25-58(4)27-21-41-15-11-17-44(30-41)52(61)66-9)47-32-43(31-45(34-47)53(62)67-10)29-40(3)55(38-57,46-19-20-49(63-6)50(35-46)64-7)24-14-26-59(5)28-22-42-16-12-18-48(33-42)68-36-51(60)65-8/h11-12,15-20,30-35,39-40H,13-14,21-29,36H2,1-10H3. The van der Waals surface area contributed by atoms with Crippen LogP contribution in [0.2, 0.25) is 0 Å². The molecule has 0 spiro atoms. The number of carbonyl (C=O) groups excluding carboxylic acids is 3. The van der Waals surface area contributed by atoms with Crippen molar-refractivity contribution in [2.75, 3.05) is 82.4 Å². The molecule has 13 heteroatoms. The quantitative estimate of drug-likeness (QED) is 0.0413. The number of likely N-dealkylation sites (N-methyl/N-ethyl adjacent to an activating group) is 2. The fourth-order valence-electron chi connectivity index (χ4n) is 8.95. The maximum Gasteiger partial charge on any atom is 0.343 e. The zero-order valence-electron chi connectivity index (χ0n) is 41.7. The van der Waals surface area contributed by atoms with Crippen LogP contribution in [0.15, 0.2) is 84.9 Å². The highest BCUT2D eigenvalue weighted by Crippen LogP contribution is 2.43. The Hall–Kier alpha value is -6.41. The van der Waals surface area contributed by atoms with Crippen molar-refractivity contribution in [1.29, 1.82) is 10.5 Å². The predicted molar refractivity (Wildman–Crippen MR) is 262 cm³/mol. The normalized spacial score (nSPS) is 13.4. The average Bonchev–Trinajstić information content (AvgIpc) is 3.36. The number of nitrogens with zero attached hydrogens (tertiary/aromatic N) is 4. The van der Waals surface area contributed by atoms with E-state index in [1.165, 1.54) is 21.3 Å². The lowest BCUT2D eigenvalue weighted by Crippen LogP contribution is -2.35. The van der Waals surface area contributed by atoms with E-state index in [1.807, 2.05) is 86.6 Å². The molecule has 0 N–H and O–H groups in total. The number of nitriles is 2. The van der Waals surface area contributed by atoms with E-state index in [0.717, 1.165) is 73.3 Å². The van der Waals surface area contributed by atoms with Crippen LogP contribution < -0.4 is 14.2 Å². The zero-order valence-corrected chi connectivity index (χ0v) is 41.7. The van der Waals surface area contributed by atoms with Crippen LogP contribution in [0.4, 0.5) is 0 Å². The lowest BCUT2D eigenvalue weighted by Gasteiger charge is -2.36. The van der Waals surface area contributed by atoms with Crippen molar-refractivity contribution in [2.45, 2.75) is 76.5 Å². The van der Waals surface area contributed by atoms with Crippen LogP contribution in [0, 0.1) is 34.5 Å². The third-order valence-electron chi connectivity index (χ3n) is 13.2. The van der Waals surface area contributed by atoms with Crippen molar-refractivity contribution in [3.05, 3.63) is 124 Å². The van der Waals surface area contributed by atoms with Crippen molar-refractivity contribution in [2.24, 2.45) is 11.8 Å². The molecule has 4 aromatic carbocycles.